The highest BCUT2D eigenvalue weighted by molar-refractivity contribution is 5.97. The van der Waals surface area contributed by atoms with Crippen molar-refractivity contribution in [2.24, 2.45) is 0 Å². The Morgan fingerprint density at radius 1 is 1.13 bits per heavy atom. The van der Waals surface area contributed by atoms with Gasteiger partial charge < -0.3 is 29.3 Å². The molecule has 1 aliphatic carbocycles. The number of rotatable bonds is 17. The summed E-state index contributed by atoms with van der Waals surface area (Å²) in [4.78, 5) is 31.3. The molecular weight excluding hydrogens is 598 g/mol. The van der Waals surface area contributed by atoms with Crippen LogP contribution in [-0.2, 0) is 33.7 Å². The molecule has 252 valence electrons. The predicted octanol–water partition coefficient (Wildman–Crippen LogP) is 4.15. The van der Waals surface area contributed by atoms with Crippen LogP contribution in [0.5, 0.6) is 11.5 Å². The van der Waals surface area contributed by atoms with Crippen LogP contribution < -0.4 is 14.8 Å². The maximum atomic E-state index is 13.5. The Labute approximate surface area is 277 Å². The molecule has 0 unspecified atom stereocenters. The van der Waals surface area contributed by atoms with Gasteiger partial charge in [-0.15, -0.1) is 16.8 Å². The van der Waals surface area contributed by atoms with Gasteiger partial charge in [-0.05, 0) is 61.2 Å². The second kappa shape index (κ2) is 17.0. The van der Waals surface area contributed by atoms with E-state index in [1.807, 2.05) is 24.3 Å². The number of nitrogens with zero attached hydrogens (tertiary/aromatic N) is 6. The number of likely N-dealkylation sites (N-methyl/N-ethyl adjacent to an activating group) is 1. The number of carbonyl (C=O) groups is 2. The molecule has 0 saturated heterocycles. The number of methoxy groups -OCH3 is 1. The van der Waals surface area contributed by atoms with E-state index >= 15 is 0 Å². The number of allylic oxidation sites excluding steroid dienone is 1. The van der Waals surface area contributed by atoms with Crippen molar-refractivity contribution in [3.8, 4) is 22.9 Å². The van der Waals surface area contributed by atoms with Crippen molar-refractivity contribution in [3.63, 3.8) is 0 Å². The molecule has 2 aliphatic rings. The van der Waals surface area contributed by atoms with Gasteiger partial charge in [-0.2, -0.15) is 4.80 Å². The molecule has 1 aromatic heterocycles. The summed E-state index contributed by atoms with van der Waals surface area (Å²) in [6.07, 6.45) is 9.27. The normalized spacial score (nSPS) is 14.7. The van der Waals surface area contributed by atoms with Gasteiger partial charge in [0.25, 0.3) is 5.91 Å². The van der Waals surface area contributed by atoms with Crippen molar-refractivity contribution >= 4 is 17.5 Å². The van der Waals surface area contributed by atoms with Gasteiger partial charge in [0.1, 0.15) is 11.4 Å². The average molecular weight is 646 g/mol. The maximum absolute atomic E-state index is 13.5. The molecule has 1 aliphatic heterocycles. The summed E-state index contributed by atoms with van der Waals surface area (Å²) in [5.74, 6) is 1.82. The van der Waals surface area contributed by atoms with Crippen molar-refractivity contribution in [1.82, 2.24) is 30.0 Å². The summed E-state index contributed by atoms with van der Waals surface area (Å²) >= 11 is 0. The highest BCUT2D eigenvalue weighted by atomic mass is 16.5. The molecule has 47 heavy (non-hydrogen) atoms. The summed E-state index contributed by atoms with van der Waals surface area (Å²) < 4.78 is 17.1. The monoisotopic (exact) mass is 645 g/mol. The van der Waals surface area contributed by atoms with Crippen LogP contribution in [0.1, 0.15) is 49.7 Å². The second-order valence-corrected chi connectivity index (χ2v) is 12.2. The van der Waals surface area contributed by atoms with Gasteiger partial charge in [0.05, 0.1) is 33.3 Å². The third kappa shape index (κ3) is 9.39. The molecular formula is C35H47N7O5. The molecule has 0 radical (unpaired) electrons. The third-order valence-corrected chi connectivity index (χ3v) is 8.78. The molecule has 12 nitrogen and oxygen atoms in total. The predicted molar refractivity (Wildman–Crippen MR) is 179 cm³/mol. The standard InChI is InChI=1S/C35H47N7O5/c1-4-18-42-38-35(37-39-42)28-10-8-9-26(24-28)16-22-46-23-17-32(44)41(29-11-6-5-7-12-29)21-20-40(2)19-15-27-13-14-30(45-3)33-34(27)47-25-31(43)36-33/h4,8-10,13-14,24,29H,1,5-7,11-12,15-23,25H2,2-3H3,(H,36,43). The third-order valence-electron chi connectivity index (χ3n) is 8.78. The van der Waals surface area contributed by atoms with E-state index in [1.54, 1.807) is 13.2 Å². The maximum Gasteiger partial charge on any atom is 0.262 e. The van der Waals surface area contributed by atoms with Gasteiger partial charge in [0.2, 0.25) is 11.7 Å². The highest BCUT2D eigenvalue weighted by Gasteiger charge is 2.26. The van der Waals surface area contributed by atoms with E-state index in [0.29, 0.717) is 55.7 Å². The SMILES string of the molecule is C=CCn1nnc(-c2cccc(CCOCCC(=O)N(CCN(C)CCc3ccc(OC)c4c3OCC(=O)N4)C3CCCCC3)c2)n1. The summed E-state index contributed by atoms with van der Waals surface area (Å²) in [5, 5.41) is 15.5. The number of fused-ring (bicyclic) bond motifs is 1. The van der Waals surface area contributed by atoms with Gasteiger partial charge in [-0.1, -0.05) is 49.6 Å². The molecule has 0 spiro atoms. The molecule has 3 aromatic rings. The van der Waals surface area contributed by atoms with Crippen molar-refractivity contribution in [2.45, 2.75) is 64.0 Å². The van der Waals surface area contributed by atoms with E-state index in [4.69, 9.17) is 14.2 Å². The first kappa shape index (κ1) is 34.1. The number of anilines is 1. The lowest BCUT2D eigenvalue weighted by Crippen LogP contribution is -2.45. The number of aromatic nitrogens is 4. The van der Waals surface area contributed by atoms with Crippen LogP contribution in [0.4, 0.5) is 5.69 Å². The Kier molecular flexibility index (Phi) is 12.3. The number of nitrogens with one attached hydrogen (secondary N) is 1. The smallest absolute Gasteiger partial charge is 0.262 e. The van der Waals surface area contributed by atoms with Crippen molar-refractivity contribution in [2.75, 3.05) is 58.9 Å². The molecule has 1 saturated carbocycles. The minimum atomic E-state index is -0.187. The van der Waals surface area contributed by atoms with Crippen LogP contribution in [0.2, 0.25) is 0 Å². The van der Waals surface area contributed by atoms with Gasteiger partial charge in [0, 0.05) is 31.2 Å². The molecule has 5 rings (SSSR count). The van der Waals surface area contributed by atoms with Gasteiger partial charge in [-0.3, -0.25) is 9.59 Å². The number of hydrogen-bond acceptors (Lipinski definition) is 9. The number of carbonyl (C=O) groups excluding carboxylic acids is 2. The van der Waals surface area contributed by atoms with Crippen LogP contribution in [0.15, 0.2) is 49.1 Å². The number of amides is 2. The Bertz CT molecular complexity index is 1500. The lowest BCUT2D eigenvalue weighted by atomic mass is 9.94. The minimum absolute atomic E-state index is 0.00235. The van der Waals surface area contributed by atoms with E-state index < -0.39 is 0 Å². The number of benzene rings is 2. The Hall–Kier alpha value is -4.29. The zero-order valence-electron chi connectivity index (χ0n) is 27.7. The average Bonchev–Trinajstić information content (AvgIpc) is 3.56. The van der Waals surface area contributed by atoms with Crippen LogP contribution >= 0.6 is 0 Å². The van der Waals surface area contributed by atoms with Crippen LogP contribution in [0, 0.1) is 0 Å². The highest BCUT2D eigenvalue weighted by Crippen LogP contribution is 2.40. The first-order chi connectivity index (χ1) is 22.9. The molecule has 1 fully saturated rings. The lowest BCUT2D eigenvalue weighted by molar-refractivity contribution is -0.135. The summed E-state index contributed by atoms with van der Waals surface area (Å²) in [6.45, 7) is 7.39. The number of hydrogen-bond donors (Lipinski definition) is 1. The first-order valence-electron chi connectivity index (χ1n) is 16.6. The molecule has 12 heteroatoms. The van der Waals surface area contributed by atoms with Crippen LogP contribution in [-0.4, -0.2) is 101 Å². The molecule has 2 aromatic carbocycles. The van der Waals surface area contributed by atoms with E-state index in [-0.39, 0.29) is 24.5 Å². The second-order valence-electron chi connectivity index (χ2n) is 12.2. The first-order valence-corrected chi connectivity index (χ1v) is 16.6. The fourth-order valence-electron chi connectivity index (χ4n) is 6.19. The summed E-state index contributed by atoms with van der Waals surface area (Å²) in [5.41, 5.74) is 3.64. The van der Waals surface area contributed by atoms with Gasteiger partial charge in [0.15, 0.2) is 12.4 Å². The topological polar surface area (TPSA) is 124 Å². The zero-order valence-corrected chi connectivity index (χ0v) is 27.7. The Morgan fingerprint density at radius 2 is 1.98 bits per heavy atom. The largest absolute Gasteiger partial charge is 0.494 e. The van der Waals surface area contributed by atoms with Crippen LogP contribution in [0.25, 0.3) is 11.4 Å². The quantitative estimate of drug-likeness (QED) is 0.170. The summed E-state index contributed by atoms with van der Waals surface area (Å²) in [7, 11) is 3.66. The Balaban J connectivity index is 1.08. The summed E-state index contributed by atoms with van der Waals surface area (Å²) in [6, 6.07) is 12.2. The minimum Gasteiger partial charge on any atom is -0.494 e. The fraction of sp³-hybridized carbons (Fsp3) is 0.514. The van der Waals surface area contributed by atoms with Crippen LogP contribution in [0.3, 0.4) is 0 Å². The van der Waals surface area contributed by atoms with Gasteiger partial charge in [-0.25, -0.2) is 0 Å². The lowest BCUT2D eigenvalue weighted by Gasteiger charge is -2.35. The van der Waals surface area contributed by atoms with Gasteiger partial charge >= 0.3 is 0 Å². The number of tetrazole rings is 1. The van der Waals surface area contributed by atoms with Crippen molar-refractivity contribution in [1.29, 1.82) is 0 Å². The van der Waals surface area contributed by atoms with E-state index in [1.165, 1.54) is 24.1 Å². The van der Waals surface area contributed by atoms with Crippen molar-refractivity contribution < 1.29 is 23.8 Å². The molecule has 0 bridgehead atoms. The molecule has 2 heterocycles. The van der Waals surface area contributed by atoms with E-state index in [9.17, 15) is 9.59 Å². The van der Waals surface area contributed by atoms with E-state index in [0.717, 1.165) is 55.5 Å². The molecule has 1 N–H and O–H groups in total. The Morgan fingerprint density at radius 3 is 2.79 bits per heavy atom. The number of ether oxygens (including phenoxy) is 3. The molecule has 0 atom stereocenters. The fourth-order valence-corrected chi connectivity index (χ4v) is 6.19. The molecule has 2 amide bonds. The van der Waals surface area contributed by atoms with Crippen molar-refractivity contribution in [3.05, 3.63) is 60.2 Å². The van der Waals surface area contributed by atoms with E-state index in [2.05, 4.69) is 56.3 Å². The zero-order chi connectivity index (χ0) is 33.0.